The van der Waals surface area contributed by atoms with Crippen LogP contribution in [0, 0.1) is 23.3 Å². The number of nitrogens with one attached hydrogen (secondary N) is 1. The minimum absolute atomic E-state index is 0.158. The molecule has 0 saturated heterocycles. The molecule has 0 aliphatic carbocycles. The molecule has 2 aromatic rings. The Morgan fingerprint density at radius 1 is 1.06 bits per heavy atom. The molecule has 96 valence electrons. The van der Waals surface area contributed by atoms with Crippen molar-refractivity contribution in [1.82, 2.24) is 5.32 Å². The lowest BCUT2D eigenvalue weighted by Gasteiger charge is -2.04. The largest absolute Gasteiger partial charge is 0.460 e. The van der Waals surface area contributed by atoms with Crippen molar-refractivity contribution in [2.75, 3.05) is 7.05 Å². The maximum atomic E-state index is 13.5. The first-order chi connectivity index (χ1) is 8.54. The standard InChI is InChI=1S/C12H9F4NO/c1-17-5-6-2-3-9(18-6)10-11(15)7(13)4-8(14)12(10)16/h2-4,17H,5H2,1H3. The van der Waals surface area contributed by atoms with Gasteiger partial charge >= 0.3 is 0 Å². The highest BCUT2D eigenvalue weighted by Gasteiger charge is 2.22. The van der Waals surface area contributed by atoms with Crippen LogP contribution in [0.3, 0.4) is 0 Å². The lowest BCUT2D eigenvalue weighted by Crippen LogP contribution is -2.03. The van der Waals surface area contributed by atoms with Gasteiger partial charge in [0.25, 0.3) is 0 Å². The van der Waals surface area contributed by atoms with Crippen LogP contribution in [0.5, 0.6) is 0 Å². The van der Waals surface area contributed by atoms with E-state index in [0.717, 1.165) is 0 Å². The van der Waals surface area contributed by atoms with Gasteiger partial charge in [0.15, 0.2) is 23.3 Å². The van der Waals surface area contributed by atoms with E-state index < -0.39 is 28.8 Å². The zero-order chi connectivity index (χ0) is 13.3. The zero-order valence-electron chi connectivity index (χ0n) is 9.36. The summed E-state index contributed by atoms with van der Waals surface area (Å²) in [6.45, 7) is 0.334. The van der Waals surface area contributed by atoms with Gasteiger partial charge in [-0.15, -0.1) is 0 Å². The quantitative estimate of drug-likeness (QED) is 0.676. The normalized spacial score (nSPS) is 10.9. The molecule has 1 aromatic heterocycles. The molecule has 0 aliphatic rings. The molecule has 0 amide bonds. The number of benzene rings is 1. The lowest BCUT2D eigenvalue weighted by atomic mass is 10.1. The first kappa shape index (κ1) is 12.6. The van der Waals surface area contributed by atoms with Crippen molar-refractivity contribution >= 4 is 0 Å². The predicted molar refractivity (Wildman–Crippen MR) is 56.7 cm³/mol. The number of furan rings is 1. The molecule has 0 atom stereocenters. The Balaban J connectivity index is 2.55. The molecule has 2 nitrogen and oxygen atoms in total. The molecular formula is C12H9F4NO. The van der Waals surface area contributed by atoms with E-state index >= 15 is 0 Å². The zero-order valence-corrected chi connectivity index (χ0v) is 9.36. The first-order valence-corrected chi connectivity index (χ1v) is 5.11. The van der Waals surface area contributed by atoms with E-state index in [0.29, 0.717) is 12.3 Å². The molecule has 0 saturated carbocycles. The molecule has 6 heteroatoms. The number of halogens is 4. The van der Waals surface area contributed by atoms with E-state index in [1.54, 1.807) is 7.05 Å². The van der Waals surface area contributed by atoms with Crippen LogP contribution >= 0.6 is 0 Å². The second kappa shape index (κ2) is 4.81. The molecule has 0 fully saturated rings. The van der Waals surface area contributed by atoms with Gasteiger partial charge in [0.1, 0.15) is 11.5 Å². The first-order valence-electron chi connectivity index (χ1n) is 5.11. The molecule has 1 heterocycles. The van der Waals surface area contributed by atoms with Crippen molar-refractivity contribution in [3.63, 3.8) is 0 Å². The van der Waals surface area contributed by atoms with Crippen LogP contribution in [0.25, 0.3) is 11.3 Å². The van der Waals surface area contributed by atoms with Crippen LogP contribution in [0.2, 0.25) is 0 Å². The lowest BCUT2D eigenvalue weighted by molar-refractivity contribution is 0.446. The highest BCUT2D eigenvalue weighted by Crippen LogP contribution is 2.30. The van der Waals surface area contributed by atoms with Crippen LogP contribution in [-0.4, -0.2) is 7.05 Å². The summed E-state index contributed by atoms with van der Waals surface area (Å²) in [7, 11) is 1.66. The van der Waals surface area contributed by atoms with Crippen molar-refractivity contribution in [2.24, 2.45) is 0 Å². The minimum atomic E-state index is -1.47. The Morgan fingerprint density at radius 2 is 1.67 bits per heavy atom. The Kier molecular flexibility index (Phi) is 3.38. The van der Waals surface area contributed by atoms with Crippen molar-refractivity contribution in [3.05, 3.63) is 47.2 Å². The summed E-state index contributed by atoms with van der Waals surface area (Å²) in [5, 5.41) is 2.77. The molecule has 2 rings (SSSR count). The summed E-state index contributed by atoms with van der Waals surface area (Å²) >= 11 is 0. The van der Waals surface area contributed by atoms with Gasteiger partial charge in [0.05, 0.1) is 12.1 Å². The van der Waals surface area contributed by atoms with Crippen LogP contribution in [0.15, 0.2) is 22.6 Å². The highest BCUT2D eigenvalue weighted by atomic mass is 19.2. The summed E-state index contributed by atoms with van der Waals surface area (Å²) in [6, 6.07) is 2.88. The third-order valence-corrected chi connectivity index (χ3v) is 2.37. The topological polar surface area (TPSA) is 25.2 Å². The fraction of sp³-hybridized carbons (Fsp3) is 0.167. The Bertz CT molecular complexity index is 553. The van der Waals surface area contributed by atoms with E-state index in [2.05, 4.69) is 5.32 Å². The molecule has 1 aromatic carbocycles. The number of hydrogen-bond donors (Lipinski definition) is 1. The van der Waals surface area contributed by atoms with E-state index in [-0.39, 0.29) is 11.8 Å². The molecule has 0 unspecified atom stereocenters. The fourth-order valence-electron chi connectivity index (χ4n) is 1.57. The van der Waals surface area contributed by atoms with Crippen molar-refractivity contribution in [1.29, 1.82) is 0 Å². The van der Waals surface area contributed by atoms with Crippen LogP contribution in [-0.2, 0) is 6.54 Å². The summed E-state index contributed by atoms with van der Waals surface area (Å²) < 4.78 is 58.1. The highest BCUT2D eigenvalue weighted by molar-refractivity contribution is 5.59. The monoisotopic (exact) mass is 259 g/mol. The molecule has 0 bridgehead atoms. The van der Waals surface area contributed by atoms with Gasteiger partial charge in [-0.2, -0.15) is 0 Å². The molecule has 1 N–H and O–H groups in total. The summed E-state index contributed by atoms with van der Waals surface area (Å²) in [4.78, 5) is 0. The van der Waals surface area contributed by atoms with Crippen molar-refractivity contribution in [3.8, 4) is 11.3 Å². The van der Waals surface area contributed by atoms with E-state index in [4.69, 9.17) is 4.42 Å². The summed E-state index contributed by atoms with van der Waals surface area (Å²) in [5.41, 5.74) is -0.838. The Morgan fingerprint density at radius 3 is 2.22 bits per heavy atom. The van der Waals surface area contributed by atoms with Gasteiger partial charge in [0.2, 0.25) is 0 Å². The van der Waals surface area contributed by atoms with E-state index in [1.165, 1.54) is 12.1 Å². The fourth-order valence-corrected chi connectivity index (χ4v) is 1.57. The maximum absolute atomic E-state index is 13.5. The molecular weight excluding hydrogens is 250 g/mol. The van der Waals surface area contributed by atoms with Crippen LogP contribution in [0.4, 0.5) is 17.6 Å². The molecule has 0 spiro atoms. The summed E-state index contributed by atoms with van der Waals surface area (Å²) in [5.74, 6) is -5.73. The third-order valence-electron chi connectivity index (χ3n) is 2.37. The minimum Gasteiger partial charge on any atom is -0.460 e. The van der Waals surface area contributed by atoms with Gasteiger partial charge < -0.3 is 9.73 Å². The van der Waals surface area contributed by atoms with Crippen molar-refractivity contribution in [2.45, 2.75) is 6.54 Å². The van der Waals surface area contributed by atoms with Gasteiger partial charge in [-0.1, -0.05) is 0 Å². The predicted octanol–water partition coefficient (Wildman–Crippen LogP) is 3.22. The Hall–Kier alpha value is -1.82. The van der Waals surface area contributed by atoms with E-state index in [9.17, 15) is 17.6 Å². The molecule has 18 heavy (non-hydrogen) atoms. The average molecular weight is 259 g/mol. The van der Waals surface area contributed by atoms with Gasteiger partial charge in [-0.3, -0.25) is 0 Å². The van der Waals surface area contributed by atoms with Crippen molar-refractivity contribution < 1.29 is 22.0 Å². The van der Waals surface area contributed by atoms with Gasteiger partial charge in [-0.25, -0.2) is 17.6 Å². The molecule has 0 radical (unpaired) electrons. The maximum Gasteiger partial charge on any atom is 0.172 e. The van der Waals surface area contributed by atoms with Crippen LogP contribution in [0.1, 0.15) is 5.76 Å². The van der Waals surface area contributed by atoms with Gasteiger partial charge in [0, 0.05) is 6.07 Å². The second-order valence-corrected chi connectivity index (χ2v) is 3.64. The van der Waals surface area contributed by atoms with E-state index in [1.807, 2.05) is 0 Å². The Labute approximate surface area is 100 Å². The third kappa shape index (κ3) is 2.11. The van der Waals surface area contributed by atoms with Crippen LogP contribution < -0.4 is 5.32 Å². The summed E-state index contributed by atoms with van der Waals surface area (Å²) in [6.07, 6.45) is 0. The SMILES string of the molecule is CNCc1ccc(-c2c(F)c(F)cc(F)c2F)o1. The average Bonchev–Trinajstić information content (AvgIpc) is 2.76. The smallest absolute Gasteiger partial charge is 0.172 e. The second-order valence-electron chi connectivity index (χ2n) is 3.64. The molecule has 0 aliphatic heterocycles. The number of rotatable bonds is 3. The van der Waals surface area contributed by atoms with Gasteiger partial charge in [-0.05, 0) is 19.2 Å². The number of hydrogen-bond acceptors (Lipinski definition) is 2.